The normalized spacial score (nSPS) is 20.0. The Balaban J connectivity index is 1.85. The number of carbonyl (C=O) groups excluding carboxylic acids is 1. The van der Waals surface area contributed by atoms with Gasteiger partial charge in [-0.25, -0.2) is 4.68 Å². The van der Waals surface area contributed by atoms with Crippen molar-refractivity contribution in [3.8, 4) is 5.69 Å². The molecule has 0 saturated carbocycles. The minimum absolute atomic E-state index is 0.0457. The lowest BCUT2D eigenvalue weighted by molar-refractivity contribution is -0.150. The van der Waals surface area contributed by atoms with Crippen LogP contribution in [0.2, 0.25) is 5.02 Å². The van der Waals surface area contributed by atoms with Crippen LogP contribution in [0.15, 0.2) is 30.5 Å². The zero-order chi connectivity index (χ0) is 19.1. The Morgan fingerprint density at radius 3 is 2.46 bits per heavy atom. The highest BCUT2D eigenvalue weighted by atomic mass is 35.5. The number of likely N-dealkylation sites (tertiary alicyclic amines) is 1. The van der Waals surface area contributed by atoms with Crippen LogP contribution in [0.3, 0.4) is 0 Å². The first kappa shape index (κ1) is 18.5. The third kappa shape index (κ3) is 3.09. The molecule has 1 aromatic heterocycles. The summed E-state index contributed by atoms with van der Waals surface area (Å²) < 4.78 is 1.64. The van der Waals surface area contributed by atoms with E-state index in [1.54, 1.807) is 34.8 Å². The van der Waals surface area contributed by atoms with Crippen molar-refractivity contribution < 1.29 is 14.7 Å². The molecule has 1 fully saturated rings. The number of carboxylic acids is 1. The van der Waals surface area contributed by atoms with Gasteiger partial charge >= 0.3 is 5.97 Å². The first-order chi connectivity index (χ1) is 12.2. The van der Waals surface area contributed by atoms with Crippen LogP contribution in [0.5, 0.6) is 0 Å². The Morgan fingerprint density at radius 2 is 1.92 bits per heavy atom. The topological polar surface area (TPSA) is 75.4 Å². The first-order valence-electron chi connectivity index (χ1n) is 8.59. The highest BCUT2D eigenvalue weighted by Gasteiger charge is 2.48. The van der Waals surface area contributed by atoms with E-state index < -0.39 is 11.4 Å². The molecule has 0 radical (unpaired) electrons. The van der Waals surface area contributed by atoms with E-state index in [9.17, 15) is 14.7 Å². The summed E-state index contributed by atoms with van der Waals surface area (Å²) in [7, 11) is 0. The summed E-state index contributed by atoms with van der Waals surface area (Å²) in [6.07, 6.45) is 2.16. The molecule has 1 amide bonds. The maximum absolute atomic E-state index is 13.0. The number of aromatic nitrogens is 2. The molecule has 0 bridgehead atoms. The molecule has 2 heterocycles. The van der Waals surface area contributed by atoms with Crippen LogP contribution in [0.25, 0.3) is 5.69 Å². The van der Waals surface area contributed by atoms with E-state index in [4.69, 9.17) is 11.6 Å². The predicted molar refractivity (Wildman–Crippen MR) is 98.7 cm³/mol. The summed E-state index contributed by atoms with van der Waals surface area (Å²) in [5.41, 5.74) is 1.03. The molecule has 6 nitrogen and oxygen atoms in total. The molecule has 1 N–H and O–H groups in total. The van der Waals surface area contributed by atoms with Crippen molar-refractivity contribution in [2.45, 2.75) is 27.2 Å². The van der Waals surface area contributed by atoms with Gasteiger partial charge in [-0.2, -0.15) is 5.10 Å². The van der Waals surface area contributed by atoms with Crippen molar-refractivity contribution in [1.29, 1.82) is 0 Å². The van der Waals surface area contributed by atoms with Gasteiger partial charge in [-0.15, -0.1) is 0 Å². The number of nitrogens with zero attached hydrogens (tertiary/aromatic N) is 3. The van der Waals surface area contributed by atoms with E-state index >= 15 is 0 Å². The number of aryl methyl sites for hydroxylation is 1. The number of aliphatic carboxylic acids is 1. The summed E-state index contributed by atoms with van der Waals surface area (Å²) in [6, 6.07) is 7.18. The van der Waals surface area contributed by atoms with Crippen LogP contribution in [0.4, 0.5) is 0 Å². The fraction of sp³-hybridized carbons (Fsp3) is 0.421. The molecule has 1 aliphatic rings. The first-order valence-corrected chi connectivity index (χ1v) is 8.97. The number of carboxylic acid groups (broad SMARTS) is 1. The van der Waals surface area contributed by atoms with Gasteiger partial charge in [0.2, 0.25) is 0 Å². The average molecular weight is 376 g/mol. The number of benzene rings is 1. The summed E-state index contributed by atoms with van der Waals surface area (Å²) in [6.45, 7) is 6.24. The van der Waals surface area contributed by atoms with Gasteiger partial charge in [-0.05, 0) is 43.5 Å². The summed E-state index contributed by atoms with van der Waals surface area (Å²) in [5, 5.41) is 14.7. The van der Waals surface area contributed by atoms with Gasteiger partial charge in [-0.3, -0.25) is 9.59 Å². The van der Waals surface area contributed by atoms with E-state index in [-0.39, 0.29) is 18.4 Å². The standard InChI is InChI=1S/C19H22ClN3O3/c1-12(2)19(18(25)26)8-9-22(11-19)17(24)16-10-23(21-13(16)3)15-6-4-14(20)5-7-15/h4-7,10,12H,8-9,11H2,1-3H3,(H,25,26). The molecular formula is C19H22ClN3O3. The zero-order valence-electron chi connectivity index (χ0n) is 15.1. The Labute approximate surface area is 157 Å². The van der Waals surface area contributed by atoms with Gasteiger partial charge in [-0.1, -0.05) is 25.4 Å². The lowest BCUT2D eigenvalue weighted by Gasteiger charge is -2.28. The average Bonchev–Trinajstić information content (AvgIpc) is 3.20. The number of carbonyl (C=O) groups is 2. The van der Waals surface area contributed by atoms with Crippen LogP contribution >= 0.6 is 11.6 Å². The second-order valence-corrected chi connectivity index (χ2v) is 7.58. The lowest BCUT2D eigenvalue weighted by atomic mass is 9.76. The molecule has 1 saturated heterocycles. The van der Waals surface area contributed by atoms with Crippen LogP contribution in [0, 0.1) is 18.3 Å². The highest BCUT2D eigenvalue weighted by molar-refractivity contribution is 6.30. The van der Waals surface area contributed by atoms with Crippen molar-refractivity contribution in [1.82, 2.24) is 14.7 Å². The van der Waals surface area contributed by atoms with Gasteiger partial charge in [0.15, 0.2) is 0 Å². The van der Waals surface area contributed by atoms with E-state index in [1.165, 1.54) is 0 Å². The van der Waals surface area contributed by atoms with Gasteiger partial charge in [0.05, 0.1) is 22.4 Å². The molecule has 3 rings (SSSR count). The third-order valence-electron chi connectivity index (χ3n) is 5.34. The molecule has 26 heavy (non-hydrogen) atoms. The minimum atomic E-state index is -0.879. The second kappa shape index (κ2) is 6.76. The molecule has 1 unspecified atom stereocenters. The fourth-order valence-electron chi connectivity index (χ4n) is 3.47. The number of hydrogen-bond acceptors (Lipinski definition) is 3. The highest BCUT2D eigenvalue weighted by Crippen LogP contribution is 2.38. The Kier molecular flexibility index (Phi) is 4.80. The number of rotatable bonds is 4. The van der Waals surface area contributed by atoms with Crippen molar-refractivity contribution >= 4 is 23.5 Å². The molecule has 0 spiro atoms. The number of amides is 1. The maximum atomic E-state index is 13.0. The van der Waals surface area contributed by atoms with Crippen molar-refractivity contribution in [2.75, 3.05) is 13.1 Å². The lowest BCUT2D eigenvalue weighted by Crippen LogP contribution is -2.40. The summed E-state index contributed by atoms with van der Waals surface area (Å²) >= 11 is 5.91. The predicted octanol–water partition coefficient (Wildman–Crippen LogP) is 3.41. The van der Waals surface area contributed by atoms with Gasteiger partial charge in [0.1, 0.15) is 0 Å². The largest absolute Gasteiger partial charge is 0.481 e. The minimum Gasteiger partial charge on any atom is -0.481 e. The van der Waals surface area contributed by atoms with Crippen LogP contribution < -0.4 is 0 Å². The van der Waals surface area contributed by atoms with E-state index in [0.29, 0.717) is 29.2 Å². The van der Waals surface area contributed by atoms with Gasteiger partial charge < -0.3 is 10.0 Å². The van der Waals surface area contributed by atoms with Crippen molar-refractivity contribution in [3.05, 3.63) is 46.7 Å². The Bertz CT molecular complexity index is 844. The summed E-state index contributed by atoms with van der Waals surface area (Å²) in [4.78, 5) is 26.4. The molecule has 2 aromatic rings. The molecule has 7 heteroatoms. The molecule has 0 aliphatic carbocycles. The van der Waals surface area contributed by atoms with Crippen LogP contribution in [0.1, 0.15) is 36.3 Å². The maximum Gasteiger partial charge on any atom is 0.311 e. The summed E-state index contributed by atoms with van der Waals surface area (Å²) in [5.74, 6) is -1.06. The molecular weight excluding hydrogens is 354 g/mol. The van der Waals surface area contributed by atoms with Crippen LogP contribution in [-0.4, -0.2) is 44.8 Å². The second-order valence-electron chi connectivity index (χ2n) is 7.14. The van der Waals surface area contributed by atoms with E-state index in [1.807, 2.05) is 26.0 Å². The molecule has 1 atom stereocenters. The van der Waals surface area contributed by atoms with Gasteiger partial charge in [0, 0.05) is 24.3 Å². The van der Waals surface area contributed by atoms with Gasteiger partial charge in [0.25, 0.3) is 5.91 Å². The van der Waals surface area contributed by atoms with Crippen LogP contribution in [-0.2, 0) is 4.79 Å². The smallest absolute Gasteiger partial charge is 0.311 e. The quantitative estimate of drug-likeness (QED) is 0.888. The van der Waals surface area contributed by atoms with Crippen molar-refractivity contribution in [2.24, 2.45) is 11.3 Å². The molecule has 1 aromatic carbocycles. The number of hydrogen-bond donors (Lipinski definition) is 1. The Morgan fingerprint density at radius 1 is 1.27 bits per heavy atom. The SMILES string of the molecule is Cc1nn(-c2ccc(Cl)cc2)cc1C(=O)N1CCC(C(=O)O)(C(C)C)C1. The van der Waals surface area contributed by atoms with Crippen molar-refractivity contribution in [3.63, 3.8) is 0 Å². The zero-order valence-corrected chi connectivity index (χ0v) is 15.8. The monoisotopic (exact) mass is 375 g/mol. The Hall–Kier alpha value is -2.34. The molecule has 1 aliphatic heterocycles. The number of halogens is 1. The molecule has 138 valence electrons. The van der Waals surface area contributed by atoms with E-state index in [0.717, 1.165) is 5.69 Å². The fourth-order valence-corrected chi connectivity index (χ4v) is 3.59. The van der Waals surface area contributed by atoms with E-state index in [2.05, 4.69) is 5.10 Å². The third-order valence-corrected chi connectivity index (χ3v) is 5.59.